The van der Waals surface area contributed by atoms with E-state index < -0.39 is 0 Å². The lowest BCUT2D eigenvalue weighted by atomic mass is 10.3. The van der Waals surface area contributed by atoms with Crippen LogP contribution < -0.4 is 5.32 Å². The van der Waals surface area contributed by atoms with Gasteiger partial charge in [0.25, 0.3) is 0 Å². The van der Waals surface area contributed by atoms with Crippen LogP contribution in [0.1, 0.15) is 18.7 Å². The molecule has 5 heteroatoms. The number of pyridine rings is 1. The Morgan fingerprint density at radius 3 is 3.11 bits per heavy atom. The topological polar surface area (TPSA) is 46.4 Å². The van der Waals surface area contributed by atoms with Gasteiger partial charge in [-0.3, -0.25) is 4.79 Å². The molecule has 94 valence electrons. The number of rotatable bonds is 4. The Bertz CT molecular complexity index is 589. The maximum Gasteiger partial charge on any atom is 0.223 e. The van der Waals surface area contributed by atoms with Gasteiger partial charge >= 0.3 is 0 Å². The molecule has 2 heterocycles. The first kappa shape index (κ1) is 11.7. The third-order valence-corrected chi connectivity index (χ3v) is 3.76. The van der Waals surface area contributed by atoms with Crippen molar-refractivity contribution in [3.63, 3.8) is 0 Å². The summed E-state index contributed by atoms with van der Waals surface area (Å²) in [6, 6.07) is 5.98. The van der Waals surface area contributed by atoms with E-state index in [0.29, 0.717) is 6.54 Å². The lowest BCUT2D eigenvalue weighted by Gasteiger charge is -2.03. The molecular weight excluding hydrogens is 294 g/mol. The highest BCUT2D eigenvalue weighted by Crippen LogP contribution is 2.28. The molecule has 2 aromatic rings. The first-order valence-electron chi connectivity index (χ1n) is 6.15. The van der Waals surface area contributed by atoms with Crippen LogP contribution in [0.3, 0.4) is 0 Å². The summed E-state index contributed by atoms with van der Waals surface area (Å²) in [6.45, 7) is 0.649. The van der Waals surface area contributed by atoms with E-state index in [1.54, 1.807) is 0 Å². The Hall–Kier alpha value is -1.36. The number of carbonyl (C=O) groups excluding carboxylic acids is 1. The van der Waals surface area contributed by atoms with Gasteiger partial charge in [0, 0.05) is 25.1 Å². The monoisotopic (exact) mass is 307 g/mol. The zero-order valence-corrected chi connectivity index (χ0v) is 11.5. The maximum absolute atomic E-state index is 11.5. The fraction of sp³-hybridized carbons (Fsp3) is 0.385. The zero-order chi connectivity index (χ0) is 12.5. The van der Waals surface area contributed by atoms with Gasteiger partial charge in [0.05, 0.1) is 5.52 Å². The van der Waals surface area contributed by atoms with Crippen molar-refractivity contribution >= 4 is 27.4 Å². The molecule has 0 bridgehead atoms. The van der Waals surface area contributed by atoms with Crippen molar-refractivity contribution in [2.75, 3.05) is 6.54 Å². The number of amides is 1. The Kier molecular flexibility index (Phi) is 3.07. The van der Waals surface area contributed by atoms with Crippen LogP contribution in [0.5, 0.6) is 0 Å². The highest BCUT2D eigenvalue weighted by Gasteiger charge is 2.29. The largest absolute Gasteiger partial charge is 0.355 e. The summed E-state index contributed by atoms with van der Waals surface area (Å²) < 4.78 is 2.90. The van der Waals surface area contributed by atoms with Crippen LogP contribution in [-0.2, 0) is 11.2 Å². The molecular formula is C13H14BrN3O. The van der Waals surface area contributed by atoms with Gasteiger partial charge in [-0.2, -0.15) is 0 Å². The minimum absolute atomic E-state index is 0.190. The van der Waals surface area contributed by atoms with Gasteiger partial charge in [0.15, 0.2) is 0 Å². The van der Waals surface area contributed by atoms with Crippen LogP contribution in [0.25, 0.3) is 5.52 Å². The number of nitrogens with zero attached hydrogens (tertiary/aromatic N) is 2. The molecule has 1 fully saturated rings. The third kappa shape index (κ3) is 2.27. The quantitative estimate of drug-likeness (QED) is 0.941. The summed E-state index contributed by atoms with van der Waals surface area (Å²) in [6.07, 6.45) is 4.83. The van der Waals surface area contributed by atoms with E-state index in [0.717, 1.165) is 35.2 Å². The van der Waals surface area contributed by atoms with E-state index in [4.69, 9.17) is 0 Å². The molecule has 1 N–H and O–H groups in total. The second kappa shape index (κ2) is 4.72. The average Bonchev–Trinajstić information content (AvgIpc) is 3.17. The van der Waals surface area contributed by atoms with Crippen LogP contribution in [0.4, 0.5) is 0 Å². The van der Waals surface area contributed by atoms with E-state index >= 15 is 0 Å². The molecule has 0 spiro atoms. The molecule has 1 amide bonds. The van der Waals surface area contributed by atoms with Gasteiger partial charge in [-0.15, -0.1) is 0 Å². The summed E-state index contributed by atoms with van der Waals surface area (Å²) in [5.41, 5.74) is 1.06. The minimum Gasteiger partial charge on any atom is -0.355 e. The number of hydrogen-bond donors (Lipinski definition) is 1. The lowest BCUT2D eigenvalue weighted by molar-refractivity contribution is -0.122. The molecule has 0 aromatic carbocycles. The molecule has 0 atom stereocenters. The van der Waals surface area contributed by atoms with Crippen molar-refractivity contribution < 1.29 is 4.79 Å². The molecule has 1 saturated carbocycles. The SMILES string of the molecule is O=C(NCCc1nc(Br)c2ccccn12)C1CC1. The number of aromatic nitrogens is 2. The standard InChI is InChI=1S/C13H14BrN3O/c14-12-10-3-1-2-8-17(10)11(16-12)6-7-15-13(18)9-4-5-9/h1-3,8-9H,4-7H2,(H,15,18). The van der Waals surface area contributed by atoms with Gasteiger partial charge in [-0.25, -0.2) is 4.98 Å². The van der Waals surface area contributed by atoms with Crippen LogP contribution >= 0.6 is 15.9 Å². The van der Waals surface area contributed by atoms with Crippen LogP contribution in [0.2, 0.25) is 0 Å². The summed E-state index contributed by atoms with van der Waals surface area (Å²) in [7, 11) is 0. The van der Waals surface area contributed by atoms with E-state index in [1.165, 1.54) is 0 Å². The van der Waals surface area contributed by atoms with Crippen molar-refractivity contribution in [2.45, 2.75) is 19.3 Å². The van der Waals surface area contributed by atoms with Crippen LogP contribution in [0, 0.1) is 5.92 Å². The Morgan fingerprint density at radius 1 is 1.50 bits per heavy atom. The van der Waals surface area contributed by atoms with Crippen molar-refractivity contribution in [3.05, 3.63) is 34.8 Å². The summed E-state index contributed by atoms with van der Waals surface area (Å²) in [5.74, 6) is 1.43. The number of hydrogen-bond acceptors (Lipinski definition) is 2. The maximum atomic E-state index is 11.5. The number of imidazole rings is 1. The summed E-state index contributed by atoms with van der Waals surface area (Å²) >= 11 is 3.45. The Balaban J connectivity index is 1.68. The molecule has 0 unspecified atom stereocenters. The second-order valence-corrected chi connectivity index (χ2v) is 5.34. The van der Waals surface area contributed by atoms with Crippen molar-refractivity contribution in [1.82, 2.24) is 14.7 Å². The smallest absolute Gasteiger partial charge is 0.223 e. The van der Waals surface area contributed by atoms with Crippen LogP contribution in [0.15, 0.2) is 29.0 Å². The number of nitrogens with one attached hydrogen (secondary N) is 1. The van der Waals surface area contributed by atoms with E-state index in [-0.39, 0.29) is 11.8 Å². The lowest BCUT2D eigenvalue weighted by Crippen LogP contribution is -2.27. The highest BCUT2D eigenvalue weighted by atomic mass is 79.9. The number of carbonyl (C=O) groups is 1. The highest BCUT2D eigenvalue weighted by molar-refractivity contribution is 9.10. The number of halogens is 1. The molecule has 4 nitrogen and oxygen atoms in total. The normalized spacial score (nSPS) is 14.9. The van der Waals surface area contributed by atoms with E-state index in [2.05, 4.69) is 26.2 Å². The summed E-state index contributed by atoms with van der Waals surface area (Å²) in [5, 5.41) is 2.96. The van der Waals surface area contributed by atoms with Crippen molar-refractivity contribution in [2.24, 2.45) is 5.92 Å². The van der Waals surface area contributed by atoms with E-state index in [1.807, 2.05) is 28.8 Å². The molecule has 18 heavy (non-hydrogen) atoms. The van der Waals surface area contributed by atoms with Crippen LogP contribution in [-0.4, -0.2) is 21.8 Å². The van der Waals surface area contributed by atoms with Crippen molar-refractivity contribution in [1.29, 1.82) is 0 Å². The minimum atomic E-state index is 0.190. The molecule has 0 saturated heterocycles. The van der Waals surface area contributed by atoms with Gasteiger partial charge in [0.1, 0.15) is 10.4 Å². The molecule has 1 aliphatic carbocycles. The number of fused-ring (bicyclic) bond motifs is 1. The Labute approximate surface area is 114 Å². The van der Waals surface area contributed by atoms with Gasteiger partial charge in [0.2, 0.25) is 5.91 Å². The molecule has 3 rings (SSSR count). The zero-order valence-electron chi connectivity index (χ0n) is 9.90. The molecule has 1 aliphatic rings. The first-order valence-corrected chi connectivity index (χ1v) is 6.94. The van der Waals surface area contributed by atoms with Gasteiger partial charge < -0.3 is 9.72 Å². The van der Waals surface area contributed by atoms with Gasteiger partial charge in [-0.1, -0.05) is 6.07 Å². The van der Waals surface area contributed by atoms with E-state index in [9.17, 15) is 4.79 Å². The second-order valence-electron chi connectivity index (χ2n) is 4.59. The third-order valence-electron chi connectivity index (χ3n) is 3.17. The Morgan fingerprint density at radius 2 is 2.33 bits per heavy atom. The molecule has 2 aromatic heterocycles. The first-order chi connectivity index (χ1) is 8.75. The summed E-state index contributed by atoms with van der Waals surface area (Å²) in [4.78, 5) is 16.0. The fourth-order valence-corrected chi connectivity index (χ4v) is 2.55. The van der Waals surface area contributed by atoms with Crippen molar-refractivity contribution in [3.8, 4) is 0 Å². The molecule has 0 radical (unpaired) electrons. The predicted molar refractivity (Wildman–Crippen MR) is 72.3 cm³/mol. The average molecular weight is 308 g/mol. The van der Waals surface area contributed by atoms with Gasteiger partial charge in [-0.05, 0) is 40.9 Å². The fourth-order valence-electron chi connectivity index (χ4n) is 2.02. The molecule has 0 aliphatic heterocycles. The predicted octanol–water partition coefficient (Wildman–Crippen LogP) is 2.17.